The molecule has 0 saturated heterocycles. The van der Waals surface area contributed by atoms with E-state index in [1.807, 2.05) is 19.0 Å². The first-order valence-corrected chi connectivity index (χ1v) is 11.2. The zero-order chi connectivity index (χ0) is 24.7. The van der Waals surface area contributed by atoms with Crippen molar-refractivity contribution in [3.05, 3.63) is 53.3 Å². The summed E-state index contributed by atoms with van der Waals surface area (Å²) >= 11 is 0. The number of aryl methyl sites for hydroxylation is 1. The zero-order valence-corrected chi connectivity index (χ0v) is 19.7. The summed E-state index contributed by atoms with van der Waals surface area (Å²) in [6, 6.07) is 8.97. The van der Waals surface area contributed by atoms with E-state index in [-0.39, 0.29) is 43.0 Å². The molecule has 0 bridgehead atoms. The Kier molecular flexibility index (Phi) is 8.59. The van der Waals surface area contributed by atoms with Crippen LogP contribution >= 0.6 is 0 Å². The Balaban J connectivity index is 1.61. The van der Waals surface area contributed by atoms with E-state index in [2.05, 4.69) is 5.32 Å². The van der Waals surface area contributed by atoms with Gasteiger partial charge in [0.1, 0.15) is 17.3 Å². The lowest BCUT2D eigenvalue weighted by atomic mass is 10.1. The van der Waals surface area contributed by atoms with Crippen molar-refractivity contribution in [2.24, 2.45) is 0 Å². The van der Waals surface area contributed by atoms with Crippen LogP contribution in [0.15, 0.2) is 36.4 Å². The Labute approximate surface area is 198 Å². The molecule has 0 fully saturated rings. The number of nitrogens with one attached hydrogen (secondary N) is 1. The van der Waals surface area contributed by atoms with Gasteiger partial charge in [0.15, 0.2) is 19.0 Å². The van der Waals surface area contributed by atoms with Gasteiger partial charge in [-0.3, -0.25) is 14.4 Å². The number of likely N-dealkylation sites (N-methyl/N-ethyl adjacent to an activating group) is 1. The van der Waals surface area contributed by atoms with E-state index in [9.17, 15) is 18.8 Å². The van der Waals surface area contributed by atoms with Crippen molar-refractivity contribution >= 4 is 23.3 Å². The summed E-state index contributed by atoms with van der Waals surface area (Å²) in [7, 11) is 3.87. The van der Waals surface area contributed by atoms with Crippen molar-refractivity contribution in [2.45, 2.75) is 19.8 Å². The van der Waals surface area contributed by atoms with Crippen molar-refractivity contribution in [3.63, 3.8) is 0 Å². The summed E-state index contributed by atoms with van der Waals surface area (Å²) in [5.74, 6) is -0.0340. The number of halogens is 1. The van der Waals surface area contributed by atoms with Crippen LogP contribution in [-0.2, 0) is 9.59 Å². The van der Waals surface area contributed by atoms with Crippen LogP contribution in [0.5, 0.6) is 11.5 Å². The molecule has 1 N–H and O–H groups in total. The largest absolute Gasteiger partial charge is 0.485 e. The van der Waals surface area contributed by atoms with Crippen LogP contribution < -0.4 is 19.7 Å². The number of hydrogen-bond acceptors (Lipinski definition) is 6. The lowest BCUT2D eigenvalue weighted by Crippen LogP contribution is -2.40. The highest BCUT2D eigenvalue weighted by molar-refractivity contribution is 6.02. The van der Waals surface area contributed by atoms with Gasteiger partial charge in [0.05, 0.1) is 5.69 Å². The predicted octanol–water partition coefficient (Wildman–Crippen LogP) is 2.58. The molecule has 0 saturated carbocycles. The Bertz CT molecular complexity index is 1060. The maximum absolute atomic E-state index is 13.3. The number of benzene rings is 2. The van der Waals surface area contributed by atoms with E-state index in [1.165, 1.54) is 18.2 Å². The predicted molar refractivity (Wildman–Crippen MR) is 126 cm³/mol. The van der Waals surface area contributed by atoms with E-state index in [0.29, 0.717) is 47.8 Å². The topological polar surface area (TPSA) is 88.2 Å². The van der Waals surface area contributed by atoms with Crippen molar-refractivity contribution in [3.8, 4) is 11.5 Å². The highest BCUT2D eigenvalue weighted by Gasteiger charge is 2.26. The SMILES string of the molecule is Cc1cc(F)ccc1OCC(=O)c1ccc2c(c1)N(CCCC(=O)NCCN(C)C)C(=O)CO2. The fraction of sp³-hybridized carbons (Fsp3) is 0.400. The van der Waals surface area contributed by atoms with Gasteiger partial charge in [0, 0.05) is 31.6 Å². The van der Waals surface area contributed by atoms with Gasteiger partial charge in [-0.15, -0.1) is 0 Å². The third kappa shape index (κ3) is 6.77. The van der Waals surface area contributed by atoms with E-state index < -0.39 is 0 Å². The number of ketones is 1. The first-order chi connectivity index (χ1) is 16.2. The van der Waals surface area contributed by atoms with Crippen LogP contribution in [0.1, 0.15) is 28.8 Å². The fourth-order valence-electron chi connectivity index (χ4n) is 3.53. The molecule has 0 aromatic heterocycles. The Morgan fingerprint density at radius 3 is 2.74 bits per heavy atom. The highest BCUT2D eigenvalue weighted by atomic mass is 19.1. The number of fused-ring (bicyclic) bond motifs is 1. The lowest BCUT2D eigenvalue weighted by Gasteiger charge is -2.29. The van der Waals surface area contributed by atoms with Crippen LogP contribution in [-0.4, -0.2) is 69.4 Å². The molecule has 0 spiro atoms. The molecule has 2 aromatic carbocycles. The molecule has 1 aliphatic rings. The van der Waals surface area contributed by atoms with Crippen LogP contribution in [0.25, 0.3) is 0 Å². The molecule has 182 valence electrons. The Morgan fingerprint density at radius 1 is 1.21 bits per heavy atom. The van der Waals surface area contributed by atoms with Gasteiger partial charge < -0.3 is 24.6 Å². The average molecular weight is 472 g/mol. The molecule has 8 nitrogen and oxygen atoms in total. The molecule has 0 unspecified atom stereocenters. The molecule has 34 heavy (non-hydrogen) atoms. The summed E-state index contributed by atoms with van der Waals surface area (Å²) in [6.45, 7) is 3.03. The molecule has 1 aliphatic heterocycles. The van der Waals surface area contributed by atoms with E-state index in [1.54, 1.807) is 30.0 Å². The molecular formula is C25H30FN3O5. The number of nitrogens with zero attached hydrogens (tertiary/aromatic N) is 2. The number of carbonyl (C=O) groups excluding carboxylic acids is 3. The first kappa shape index (κ1) is 25.2. The number of rotatable bonds is 11. The fourth-order valence-corrected chi connectivity index (χ4v) is 3.53. The van der Waals surface area contributed by atoms with Crippen molar-refractivity contribution in [1.82, 2.24) is 10.2 Å². The summed E-state index contributed by atoms with van der Waals surface area (Å²) in [5.41, 5.74) is 1.45. The van der Waals surface area contributed by atoms with Crippen molar-refractivity contribution < 1.29 is 28.2 Å². The van der Waals surface area contributed by atoms with Gasteiger partial charge in [-0.05, 0) is 69.4 Å². The summed E-state index contributed by atoms with van der Waals surface area (Å²) in [6.07, 6.45) is 0.765. The van der Waals surface area contributed by atoms with Crippen molar-refractivity contribution in [1.29, 1.82) is 0 Å². The second kappa shape index (κ2) is 11.6. The molecular weight excluding hydrogens is 441 g/mol. The zero-order valence-electron chi connectivity index (χ0n) is 19.7. The number of ether oxygens (including phenoxy) is 2. The number of Topliss-reactive ketones (excluding diaryl/α,β-unsaturated/α-hetero) is 1. The molecule has 2 aromatic rings. The first-order valence-electron chi connectivity index (χ1n) is 11.2. The second-order valence-corrected chi connectivity index (χ2v) is 8.40. The van der Waals surface area contributed by atoms with E-state index >= 15 is 0 Å². The van der Waals surface area contributed by atoms with E-state index in [4.69, 9.17) is 9.47 Å². The van der Waals surface area contributed by atoms with Crippen LogP contribution in [0.4, 0.5) is 10.1 Å². The molecule has 2 amide bonds. The normalized spacial score (nSPS) is 12.9. The average Bonchev–Trinajstić information content (AvgIpc) is 2.79. The van der Waals surface area contributed by atoms with Gasteiger partial charge in [-0.25, -0.2) is 4.39 Å². The maximum atomic E-state index is 13.3. The van der Waals surface area contributed by atoms with Crippen LogP contribution in [0.2, 0.25) is 0 Å². The minimum Gasteiger partial charge on any atom is -0.485 e. The summed E-state index contributed by atoms with van der Waals surface area (Å²) in [5, 5.41) is 2.85. The van der Waals surface area contributed by atoms with Gasteiger partial charge in [0.25, 0.3) is 5.91 Å². The molecule has 9 heteroatoms. The van der Waals surface area contributed by atoms with Crippen LogP contribution in [0, 0.1) is 12.7 Å². The van der Waals surface area contributed by atoms with Gasteiger partial charge in [-0.2, -0.15) is 0 Å². The monoisotopic (exact) mass is 471 g/mol. The molecule has 3 rings (SSSR count). The Morgan fingerprint density at radius 2 is 2.00 bits per heavy atom. The molecule has 0 aliphatic carbocycles. The standard InChI is InChI=1S/C25H30FN3O5/c1-17-13-19(26)7-9-22(17)33-15-21(30)18-6-8-23-20(14-18)29(25(32)16-34-23)11-4-5-24(31)27-10-12-28(2)3/h6-9,13-14H,4-5,10-12,15-16H2,1-3H3,(H,27,31). The quantitative estimate of drug-likeness (QED) is 0.507. The molecule has 0 atom stereocenters. The molecule has 1 heterocycles. The van der Waals surface area contributed by atoms with Gasteiger partial charge in [0.2, 0.25) is 5.91 Å². The third-order valence-corrected chi connectivity index (χ3v) is 5.39. The van der Waals surface area contributed by atoms with Crippen LogP contribution in [0.3, 0.4) is 0 Å². The minimum atomic E-state index is -0.373. The van der Waals surface area contributed by atoms with E-state index in [0.717, 1.165) is 6.54 Å². The smallest absolute Gasteiger partial charge is 0.265 e. The number of carbonyl (C=O) groups is 3. The highest BCUT2D eigenvalue weighted by Crippen LogP contribution is 2.33. The summed E-state index contributed by atoms with van der Waals surface area (Å²) in [4.78, 5) is 40.8. The Hall–Kier alpha value is -3.46. The third-order valence-electron chi connectivity index (χ3n) is 5.39. The summed E-state index contributed by atoms with van der Waals surface area (Å²) < 4.78 is 24.3. The minimum absolute atomic E-state index is 0.0695. The number of anilines is 1. The maximum Gasteiger partial charge on any atom is 0.265 e. The van der Waals surface area contributed by atoms with Gasteiger partial charge in [-0.1, -0.05) is 0 Å². The molecule has 0 radical (unpaired) electrons. The number of hydrogen-bond donors (Lipinski definition) is 1. The van der Waals surface area contributed by atoms with Gasteiger partial charge >= 0.3 is 0 Å². The second-order valence-electron chi connectivity index (χ2n) is 8.40. The lowest BCUT2D eigenvalue weighted by molar-refractivity contribution is -0.122. The van der Waals surface area contributed by atoms with Crippen molar-refractivity contribution in [2.75, 3.05) is 51.8 Å². The number of amides is 2.